The van der Waals surface area contributed by atoms with E-state index < -0.39 is 0 Å². The lowest BCUT2D eigenvalue weighted by atomic mass is 10.0. The maximum absolute atomic E-state index is 6.14. The monoisotopic (exact) mass is 284 g/mol. The Morgan fingerprint density at radius 2 is 2.11 bits per heavy atom. The highest BCUT2D eigenvalue weighted by atomic mass is 35.5. The van der Waals surface area contributed by atoms with Crippen molar-refractivity contribution in [3.8, 4) is 0 Å². The number of hydrogen-bond donors (Lipinski definition) is 2. The quantitative estimate of drug-likeness (QED) is 0.666. The van der Waals surface area contributed by atoms with E-state index in [-0.39, 0.29) is 6.04 Å². The molecule has 1 aromatic heterocycles. The molecule has 0 saturated carbocycles. The molecule has 0 aliphatic heterocycles. The minimum absolute atomic E-state index is 0.129. The van der Waals surface area contributed by atoms with Gasteiger partial charge < -0.3 is 4.42 Å². The van der Waals surface area contributed by atoms with Gasteiger partial charge in [0.2, 0.25) is 0 Å². The Labute approximate surface area is 116 Å². The van der Waals surface area contributed by atoms with Crippen LogP contribution in [0.1, 0.15) is 22.9 Å². The van der Waals surface area contributed by atoms with E-state index in [1.54, 1.807) is 18.4 Å². The average Bonchev–Trinajstić information content (AvgIpc) is 2.77. The Hall–Kier alpha value is -1.00. The van der Waals surface area contributed by atoms with Crippen LogP contribution in [-0.2, 0) is 6.42 Å². The summed E-state index contributed by atoms with van der Waals surface area (Å²) in [6.07, 6.45) is 2.26. The molecule has 2 aromatic rings. The summed E-state index contributed by atoms with van der Waals surface area (Å²) in [5.41, 5.74) is 4.73. The van der Waals surface area contributed by atoms with Gasteiger partial charge in [-0.3, -0.25) is 5.84 Å². The van der Waals surface area contributed by atoms with E-state index in [1.165, 1.54) is 0 Å². The summed E-state index contributed by atoms with van der Waals surface area (Å²) in [4.78, 5) is 0. The SMILES string of the molecule is Cc1ccoc1C(Cc1cc(Cl)ccc1Cl)NN. The van der Waals surface area contributed by atoms with Gasteiger partial charge in [-0.05, 0) is 48.7 Å². The van der Waals surface area contributed by atoms with Gasteiger partial charge in [-0.15, -0.1) is 0 Å². The molecular weight excluding hydrogens is 271 g/mol. The van der Waals surface area contributed by atoms with Crippen LogP contribution >= 0.6 is 23.2 Å². The molecule has 5 heteroatoms. The Morgan fingerprint density at radius 1 is 1.33 bits per heavy atom. The molecule has 0 aliphatic carbocycles. The second-order valence-electron chi connectivity index (χ2n) is 4.13. The molecule has 0 radical (unpaired) electrons. The number of furan rings is 1. The number of hydrogen-bond acceptors (Lipinski definition) is 3. The Bertz CT molecular complexity index is 540. The zero-order chi connectivity index (χ0) is 13.1. The molecule has 2 rings (SSSR count). The van der Waals surface area contributed by atoms with Crippen molar-refractivity contribution >= 4 is 23.2 Å². The number of rotatable bonds is 4. The molecule has 0 fully saturated rings. The topological polar surface area (TPSA) is 51.2 Å². The van der Waals surface area contributed by atoms with Crippen LogP contribution in [0, 0.1) is 6.92 Å². The summed E-state index contributed by atoms with van der Waals surface area (Å²) in [6, 6.07) is 7.15. The smallest absolute Gasteiger partial charge is 0.125 e. The molecule has 0 spiro atoms. The molecule has 1 atom stereocenters. The molecular formula is C13H14Cl2N2O. The number of nitrogens with two attached hydrogens (primary N) is 1. The van der Waals surface area contributed by atoms with E-state index in [0.29, 0.717) is 16.5 Å². The van der Waals surface area contributed by atoms with Crippen molar-refractivity contribution in [2.75, 3.05) is 0 Å². The van der Waals surface area contributed by atoms with Crippen LogP contribution in [0.4, 0.5) is 0 Å². The van der Waals surface area contributed by atoms with Crippen molar-refractivity contribution in [1.82, 2.24) is 5.43 Å². The molecule has 0 bridgehead atoms. The number of benzene rings is 1. The second-order valence-corrected chi connectivity index (χ2v) is 4.97. The highest BCUT2D eigenvalue weighted by Gasteiger charge is 2.17. The van der Waals surface area contributed by atoms with Crippen molar-refractivity contribution in [3.63, 3.8) is 0 Å². The predicted molar refractivity (Wildman–Crippen MR) is 73.7 cm³/mol. The summed E-state index contributed by atoms with van der Waals surface area (Å²) in [5.74, 6) is 6.40. The highest BCUT2D eigenvalue weighted by molar-refractivity contribution is 6.33. The first-order chi connectivity index (χ1) is 8.61. The Morgan fingerprint density at radius 3 is 2.72 bits per heavy atom. The number of halogens is 2. The minimum atomic E-state index is -0.129. The summed E-state index contributed by atoms with van der Waals surface area (Å²) >= 11 is 12.1. The second kappa shape index (κ2) is 5.76. The first-order valence-corrected chi connectivity index (χ1v) is 6.31. The molecule has 96 valence electrons. The molecule has 1 unspecified atom stereocenters. The third-order valence-electron chi connectivity index (χ3n) is 2.85. The molecule has 0 aliphatic rings. The maximum Gasteiger partial charge on any atom is 0.125 e. The third kappa shape index (κ3) is 2.87. The summed E-state index contributed by atoms with van der Waals surface area (Å²) < 4.78 is 5.44. The lowest BCUT2D eigenvalue weighted by Gasteiger charge is -2.15. The van der Waals surface area contributed by atoms with E-state index in [2.05, 4.69) is 5.43 Å². The van der Waals surface area contributed by atoms with E-state index in [0.717, 1.165) is 16.9 Å². The minimum Gasteiger partial charge on any atom is -0.467 e. The van der Waals surface area contributed by atoms with Gasteiger partial charge in [-0.2, -0.15) is 0 Å². The molecule has 3 nitrogen and oxygen atoms in total. The van der Waals surface area contributed by atoms with Crippen molar-refractivity contribution in [2.24, 2.45) is 5.84 Å². The number of aryl methyl sites for hydroxylation is 1. The van der Waals surface area contributed by atoms with Crippen molar-refractivity contribution < 1.29 is 4.42 Å². The van der Waals surface area contributed by atoms with Crippen LogP contribution < -0.4 is 11.3 Å². The lowest BCUT2D eigenvalue weighted by Crippen LogP contribution is -2.29. The van der Waals surface area contributed by atoms with Gasteiger partial charge in [0.15, 0.2) is 0 Å². The first kappa shape index (κ1) is 13.4. The Kier molecular flexibility index (Phi) is 4.30. The molecule has 0 amide bonds. The van der Waals surface area contributed by atoms with Gasteiger partial charge in [-0.25, -0.2) is 5.43 Å². The molecule has 18 heavy (non-hydrogen) atoms. The maximum atomic E-state index is 6.14. The summed E-state index contributed by atoms with van der Waals surface area (Å²) in [5, 5.41) is 1.32. The first-order valence-electron chi connectivity index (χ1n) is 5.56. The molecule has 1 aromatic carbocycles. The fourth-order valence-electron chi connectivity index (χ4n) is 1.89. The van der Waals surface area contributed by atoms with Crippen LogP contribution in [0.5, 0.6) is 0 Å². The van der Waals surface area contributed by atoms with Crippen molar-refractivity contribution in [2.45, 2.75) is 19.4 Å². The third-order valence-corrected chi connectivity index (χ3v) is 3.46. The molecule has 1 heterocycles. The van der Waals surface area contributed by atoms with Crippen molar-refractivity contribution in [3.05, 3.63) is 57.5 Å². The van der Waals surface area contributed by atoms with Crippen LogP contribution in [-0.4, -0.2) is 0 Å². The highest BCUT2D eigenvalue weighted by Crippen LogP contribution is 2.27. The zero-order valence-corrected chi connectivity index (χ0v) is 11.4. The standard InChI is InChI=1S/C13H14Cl2N2O/c1-8-4-5-18-13(8)12(17-16)7-9-6-10(14)2-3-11(9)15/h2-6,12,17H,7,16H2,1H3. The fourth-order valence-corrected chi connectivity index (χ4v) is 2.28. The van der Waals surface area contributed by atoms with Crippen LogP contribution in [0.3, 0.4) is 0 Å². The van der Waals surface area contributed by atoms with Crippen molar-refractivity contribution in [1.29, 1.82) is 0 Å². The number of hydrazine groups is 1. The van der Waals surface area contributed by atoms with Gasteiger partial charge in [0.25, 0.3) is 0 Å². The number of nitrogens with one attached hydrogen (secondary N) is 1. The van der Waals surface area contributed by atoms with Crippen LogP contribution in [0.2, 0.25) is 10.0 Å². The zero-order valence-electron chi connectivity index (χ0n) is 9.91. The fraction of sp³-hybridized carbons (Fsp3) is 0.231. The average molecular weight is 285 g/mol. The van der Waals surface area contributed by atoms with Gasteiger partial charge in [0.1, 0.15) is 5.76 Å². The largest absolute Gasteiger partial charge is 0.467 e. The van der Waals surface area contributed by atoms with Gasteiger partial charge in [0.05, 0.1) is 12.3 Å². The van der Waals surface area contributed by atoms with E-state index in [1.807, 2.05) is 19.1 Å². The summed E-state index contributed by atoms with van der Waals surface area (Å²) in [6.45, 7) is 1.97. The van der Waals surface area contributed by atoms with E-state index in [9.17, 15) is 0 Å². The molecule has 3 N–H and O–H groups in total. The predicted octanol–water partition coefficient (Wildman–Crippen LogP) is 3.64. The molecule has 0 saturated heterocycles. The van der Waals surface area contributed by atoms with Gasteiger partial charge >= 0.3 is 0 Å². The Balaban J connectivity index is 2.26. The van der Waals surface area contributed by atoms with Gasteiger partial charge in [0, 0.05) is 10.0 Å². The van der Waals surface area contributed by atoms with Gasteiger partial charge in [-0.1, -0.05) is 23.2 Å². The van der Waals surface area contributed by atoms with E-state index in [4.69, 9.17) is 33.5 Å². The summed E-state index contributed by atoms with van der Waals surface area (Å²) in [7, 11) is 0. The lowest BCUT2D eigenvalue weighted by molar-refractivity contribution is 0.413. The van der Waals surface area contributed by atoms with Crippen LogP contribution in [0.25, 0.3) is 0 Å². The van der Waals surface area contributed by atoms with Crippen LogP contribution in [0.15, 0.2) is 34.9 Å². The normalized spacial score (nSPS) is 12.7. The van der Waals surface area contributed by atoms with E-state index >= 15 is 0 Å².